The van der Waals surface area contributed by atoms with Crippen molar-refractivity contribution in [2.24, 2.45) is 11.8 Å². The lowest BCUT2D eigenvalue weighted by Gasteiger charge is -2.17. The lowest BCUT2D eigenvalue weighted by molar-refractivity contribution is -0.144. The van der Waals surface area contributed by atoms with Crippen molar-refractivity contribution in [1.29, 1.82) is 0 Å². The smallest absolute Gasteiger partial charge is 0.329 e. The molecule has 3 heterocycles. The number of carboxylic acids is 1. The van der Waals surface area contributed by atoms with Gasteiger partial charge in [-0.1, -0.05) is 12.2 Å². The minimum Gasteiger partial charge on any atom is -0.480 e. The summed E-state index contributed by atoms with van der Waals surface area (Å²) in [7, 11) is 0. The molecule has 3 aliphatic heterocycles. The van der Waals surface area contributed by atoms with Crippen molar-refractivity contribution in [3.8, 4) is 0 Å². The Hall–Kier alpha value is -1.73. The molecule has 7 nitrogen and oxygen atoms in total. The molecule has 0 aromatic rings. The van der Waals surface area contributed by atoms with Crippen LogP contribution in [0, 0.1) is 11.8 Å². The normalized spacial score (nSPS) is 35.3. The standard InChI is InChI=1S/C12H13NO6/c14-8(15)5-18-4-3-13-11(16)9-6-1-2-7(19-6)10(9)12(13)17/h1-2,6-7,9-10H,3-5H2,(H,14,15). The van der Waals surface area contributed by atoms with Gasteiger partial charge in [0.25, 0.3) is 0 Å². The van der Waals surface area contributed by atoms with E-state index in [0.29, 0.717) is 0 Å². The van der Waals surface area contributed by atoms with Crippen molar-refractivity contribution in [2.75, 3.05) is 19.8 Å². The topological polar surface area (TPSA) is 93.1 Å². The summed E-state index contributed by atoms with van der Waals surface area (Å²) in [4.78, 5) is 35.7. The van der Waals surface area contributed by atoms with E-state index in [1.54, 1.807) is 0 Å². The van der Waals surface area contributed by atoms with Gasteiger partial charge in [-0.15, -0.1) is 0 Å². The van der Waals surface area contributed by atoms with Gasteiger partial charge in [0.2, 0.25) is 11.8 Å². The van der Waals surface area contributed by atoms with Gasteiger partial charge in [-0.2, -0.15) is 0 Å². The van der Waals surface area contributed by atoms with Crippen molar-refractivity contribution >= 4 is 17.8 Å². The molecule has 0 saturated carbocycles. The fourth-order valence-corrected chi connectivity index (χ4v) is 2.90. The Morgan fingerprint density at radius 3 is 2.37 bits per heavy atom. The van der Waals surface area contributed by atoms with Crippen LogP contribution in [0.5, 0.6) is 0 Å². The average molecular weight is 267 g/mol. The summed E-state index contributed by atoms with van der Waals surface area (Å²) in [6.45, 7) is -0.302. The van der Waals surface area contributed by atoms with Crippen LogP contribution in [0.4, 0.5) is 0 Å². The summed E-state index contributed by atoms with van der Waals surface area (Å²) in [6.07, 6.45) is 3.05. The fourth-order valence-electron chi connectivity index (χ4n) is 2.90. The molecule has 2 saturated heterocycles. The number of nitrogens with zero attached hydrogens (tertiary/aromatic N) is 1. The van der Waals surface area contributed by atoms with E-state index < -0.39 is 24.4 Å². The Morgan fingerprint density at radius 1 is 1.26 bits per heavy atom. The molecule has 7 heteroatoms. The highest BCUT2D eigenvalue weighted by atomic mass is 16.5. The summed E-state index contributed by atoms with van der Waals surface area (Å²) < 4.78 is 10.3. The Labute approximate surface area is 108 Å². The van der Waals surface area contributed by atoms with E-state index in [-0.39, 0.29) is 37.2 Å². The maximum absolute atomic E-state index is 12.1. The molecule has 0 aliphatic carbocycles. The number of fused-ring (bicyclic) bond motifs is 5. The molecular formula is C12H13NO6. The molecule has 102 valence electrons. The number of rotatable bonds is 5. The van der Waals surface area contributed by atoms with E-state index >= 15 is 0 Å². The SMILES string of the molecule is O=C(O)COCCN1C(=O)C2C3C=CC(O3)C2C1=O. The molecule has 0 aromatic carbocycles. The minimum absolute atomic E-state index is 0.0346. The first-order chi connectivity index (χ1) is 9.09. The molecule has 2 fully saturated rings. The van der Waals surface area contributed by atoms with E-state index in [1.165, 1.54) is 0 Å². The predicted molar refractivity (Wildman–Crippen MR) is 60.0 cm³/mol. The van der Waals surface area contributed by atoms with Crippen molar-refractivity contribution in [3.05, 3.63) is 12.2 Å². The summed E-state index contributed by atoms with van der Waals surface area (Å²) in [5.74, 6) is -2.40. The highest BCUT2D eigenvalue weighted by Gasteiger charge is 2.60. The molecule has 3 aliphatic rings. The molecule has 2 bridgehead atoms. The predicted octanol–water partition coefficient (Wildman–Crippen LogP) is -0.974. The molecule has 4 atom stereocenters. The second-order valence-corrected chi connectivity index (χ2v) is 4.78. The van der Waals surface area contributed by atoms with Crippen LogP contribution in [0.15, 0.2) is 12.2 Å². The molecule has 0 aromatic heterocycles. The molecule has 2 amide bonds. The number of amides is 2. The number of imide groups is 1. The van der Waals surface area contributed by atoms with Crippen LogP contribution in [0.25, 0.3) is 0 Å². The van der Waals surface area contributed by atoms with Gasteiger partial charge in [0.05, 0.1) is 37.2 Å². The number of aliphatic carboxylic acids is 1. The van der Waals surface area contributed by atoms with Gasteiger partial charge in [-0.3, -0.25) is 14.5 Å². The zero-order chi connectivity index (χ0) is 13.6. The lowest BCUT2D eigenvalue weighted by atomic mass is 9.85. The van der Waals surface area contributed by atoms with Crippen LogP contribution in [0.1, 0.15) is 0 Å². The van der Waals surface area contributed by atoms with Crippen LogP contribution >= 0.6 is 0 Å². The molecular weight excluding hydrogens is 254 g/mol. The van der Waals surface area contributed by atoms with Crippen molar-refractivity contribution in [1.82, 2.24) is 4.90 Å². The van der Waals surface area contributed by atoms with Gasteiger partial charge >= 0.3 is 5.97 Å². The van der Waals surface area contributed by atoms with Gasteiger partial charge in [0, 0.05) is 0 Å². The van der Waals surface area contributed by atoms with Gasteiger partial charge in [0.1, 0.15) is 6.61 Å². The number of ether oxygens (including phenoxy) is 2. The van der Waals surface area contributed by atoms with E-state index in [4.69, 9.17) is 14.6 Å². The molecule has 1 N–H and O–H groups in total. The third-order valence-corrected chi connectivity index (χ3v) is 3.69. The van der Waals surface area contributed by atoms with Crippen LogP contribution in [0.2, 0.25) is 0 Å². The Balaban J connectivity index is 1.61. The Bertz CT molecular complexity index is 443. The monoisotopic (exact) mass is 267 g/mol. The molecule has 4 unspecified atom stereocenters. The second kappa shape index (κ2) is 4.43. The first-order valence-corrected chi connectivity index (χ1v) is 6.08. The highest BCUT2D eigenvalue weighted by molar-refractivity contribution is 6.06. The third-order valence-electron chi connectivity index (χ3n) is 3.69. The zero-order valence-corrected chi connectivity index (χ0v) is 10.0. The quantitative estimate of drug-likeness (QED) is 0.391. The van der Waals surface area contributed by atoms with Crippen molar-refractivity contribution in [3.63, 3.8) is 0 Å². The number of hydrogen-bond donors (Lipinski definition) is 1. The van der Waals surface area contributed by atoms with Gasteiger partial charge < -0.3 is 14.6 Å². The first-order valence-electron chi connectivity index (χ1n) is 6.08. The molecule has 0 radical (unpaired) electrons. The number of carboxylic acid groups (broad SMARTS) is 1. The van der Waals surface area contributed by atoms with E-state index in [0.717, 1.165) is 4.90 Å². The number of carbonyl (C=O) groups excluding carboxylic acids is 2. The lowest BCUT2D eigenvalue weighted by Crippen LogP contribution is -2.37. The van der Waals surface area contributed by atoms with Crippen LogP contribution in [0.3, 0.4) is 0 Å². The van der Waals surface area contributed by atoms with Crippen LogP contribution < -0.4 is 0 Å². The summed E-state index contributed by atoms with van der Waals surface area (Å²) in [6, 6.07) is 0. The van der Waals surface area contributed by atoms with Crippen LogP contribution in [-0.2, 0) is 23.9 Å². The van der Waals surface area contributed by atoms with E-state index in [9.17, 15) is 14.4 Å². The third kappa shape index (κ3) is 1.85. The Morgan fingerprint density at radius 2 is 1.84 bits per heavy atom. The zero-order valence-electron chi connectivity index (χ0n) is 10.0. The van der Waals surface area contributed by atoms with Gasteiger partial charge in [0.15, 0.2) is 0 Å². The maximum atomic E-state index is 12.1. The van der Waals surface area contributed by atoms with Crippen molar-refractivity contribution in [2.45, 2.75) is 12.2 Å². The van der Waals surface area contributed by atoms with Gasteiger partial charge in [-0.05, 0) is 0 Å². The highest BCUT2D eigenvalue weighted by Crippen LogP contribution is 2.44. The first kappa shape index (κ1) is 12.3. The summed E-state index contributed by atoms with van der Waals surface area (Å²) in [5.41, 5.74) is 0. The number of carbonyl (C=O) groups is 3. The Kier molecular flexibility index (Phi) is 2.87. The fraction of sp³-hybridized carbons (Fsp3) is 0.583. The van der Waals surface area contributed by atoms with E-state index in [2.05, 4.69) is 0 Å². The largest absolute Gasteiger partial charge is 0.480 e. The second-order valence-electron chi connectivity index (χ2n) is 4.78. The maximum Gasteiger partial charge on any atom is 0.329 e. The average Bonchev–Trinajstić information content (AvgIpc) is 3.02. The molecule has 19 heavy (non-hydrogen) atoms. The number of likely N-dealkylation sites (tertiary alicyclic amines) is 1. The van der Waals surface area contributed by atoms with Crippen molar-refractivity contribution < 1.29 is 29.0 Å². The van der Waals surface area contributed by atoms with Gasteiger partial charge in [-0.25, -0.2) is 4.79 Å². The summed E-state index contributed by atoms with van der Waals surface area (Å²) in [5, 5.41) is 8.42. The summed E-state index contributed by atoms with van der Waals surface area (Å²) >= 11 is 0. The molecule has 0 spiro atoms. The van der Waals surface area contributed by atoms with Crippen LogP contribution in [-0.4, -0.2) is 59.8 Å². The number of hydrogen-bond acceptors (Lipinski definition) is 5. The molecule has 3 rings (SSSR count). The minimum atomic E-state index is -1.08. The van der Waals surface area contributed by atoms with E-state index in [1.807, 2.05) is 12.2 Å².